The van der Waals surface area contributed by atoms with Gasteiger partial charge in [-0.1, -0.05) is 0 Å². The molecule has 0 aliphatic rings. The molecule has 0 saturated heterocycles. The molecular weight excluding hydrogens is 318 g/mol. The van der Waals surface area contributed by atoms with Crippen molar-refractivity contribution in [3.05, 3.63) is 22.9 Å². The van der Waals surface area contributed by atoms with Crippen molar-refractivity contribution in [2.45, 2.75) is 17.7 Å². The van der Waals surface area contributed by atoms with E-state index in [1.54, 1.807) is 6.20 Å². The summed E-state index contributed by atoms with van der Waals surface area (Å²) < 4.78 is 27.0. The highest BCUT2D eigenvalue weighted by Crippen LogP contribution is 2.13. The van der Waals surface area contributed by atoms with Gasteiger partial charge in [0.1, 0.15) is 4.90 Å². The number of hydrogen-bond donors (Lipinski definition) is 1. The molecule has 1 rings (SSSR count). The monoisotopic (exact) mass is 335 g/mol. The van der Waals surface area contributed by atoms with E-state index in [2.05, 4.69) is 30.5 Å². The zero-order chi connectivity index (χ0) is 13.6. The molecule has 0 fully saturated rings. The highest BCUT2D eigenvalue weighted by molar-refractivity contribution is 9.10. The fourth-order valence-corrected chi connectivity index (χ4v) is 2.96. The number of rotatable bonds is 7. The van der Waals surface area contributed by atoms with Crippen LogP contribution >= 0.6 is 15.9 Å². The van der Waals surface area contributed by atoms with Gasteiger partial charge >= 0.3 is 0 Å². The topological polar surface area (TPSA) is 62.3 Å². The number of unbranched alkanes of at least 4 members (excludes halogenated alkanes) is 1. The second kappa shape index (κ2) is 7.18. The summed E-state index contributed by atoms with van der Waals surface area (Å²) in [4.78, 5) is 6.11. The predicted molar refractivity (Wildman–Crippen MR) is 74.9 cm³/mol. The fraction of sp³-hybridized carbons (Fsp3) is 0.545. The second-order valence-corrected chi connectivity index (χ2v) is 6.93. The van der Waals surface area contributed by atoms with Crippen LogP contribution in [0.1, 0.15) is 12.8 Å². The summed E-state index contributed by atoms with van der Waals surface area (Å²) in [7, 11) is 0.555. The van der Waals surface area contributed by atoms with Gasteiger partial charge in [0.05, 0.1) is 0 Å². The summed E-state index contributed by atoms with van der Waals surface area (Å²) in [5, 5.41) is 0. The Morgan fingerprint density at radius 2 is 2.06 bits per heavy atom. The van der Waals surface area contributed by atoms with Crippen LogP contribution in [-0.2, 0) is 10.0 Å². The lowest BCUT2D eigenvalue weighted by Gasteiger charge is -2.09. The van der Waals surface area contributed by atoms with Gasteiger partial charge < -0.3 is 4.90 Å². The van der Waals surface area contributed by atoms with Crippen LogP contribution < -0.4 is 4.72 Å². The molecule has 0 atom stereocenters. The molecule has 0 amide bonds. The van der Waals surface area contributed by atoms with Gasteiger partial charge in [-0.15, -0.1) is 0 Å². The van der Waals surface area contributed by atoms with Crippen molar-refractivity contribution in [1.82, 2.24) is 14.6 Å². The molecule has 1 heterocycles. The summed E-state index contributed by atoms with van der Waals surface area (Å²) in [6.45, 7) is 1.41. The number of pyridine rings is 1. The van der Waals surface area contributed by atoms with Gasteiger partial charge in [0.15, 0.2) is 0 Å². The lowest BCUT2D eigenvalue weighted by atomic mass is 10.3. The van der Waals surface area contributed by atoms with Gasteiger partial charge in [-0.2, -0.15) is 0 Å². The minimum atomic E-state index is -3.44. The Morgan fingerprint density at radius 1 is 1.33 bits per heavy atom. The molecule has 0 aliphatic carbocycles. The van der Waals surface area contributed by atoms with Crippen molar-refractivity contribution < 1.29 is 8.42 Å². The van der Waals surface area contributed by atoms with Crippen LogP contribution in [0.5, 0.6) is 0 Å². The van der Waals surface area contributed by atoms with Crippen molar-refractivity contribution in [2.24, 2.45) is 0 Å². The van der Waals surface area contributed by atoms with Gasteiger partial charge in [-0.25, -0.2) is 13.1 Å². The summed E-state index contributed by atoms with van der Waals surface area (Å²) in [6.07, 6.45) is 4.67. The van der Waals surface area contributed by atoms with Crippen molar-refractivity contribution in [2.75, 3.05) is 27.2 Å². The van der Waals surface area contributed by atoms with E-state index in [1.807, 2.05) is 14.1 Å². The molecule has 0 saturated carbocycles. The molecule has 18 heavy (non-hydrogen) atoms. The van der Waals surface area contributed by atoms with Crippen LogP contribution in [0.4, 0.5) is 0 Å². The summed E-state index contributed by atoms with van der Waals surface area (Å²) in [5.74, 6) is 0. The maximum absolute atomic E-state index is 11.9. The van der Waals surface area contributed by atoms with Crippen LogP contribution in [0.15, 0.2) is 27.8 Å². The second-order valence-electron chi connectivity index (χ2n) is 4.25. The molecule has 102 valence electrons. The Bertz CT molecular complexity index is 477. The van der Waals surface area contributed by atoms with Crippen molar-refractivity contribution in [3.8, 4) is 0 Å². The summed E-state index contributed by atoms with van der Waals surface area (Å²) in [5.41, 5.74) is 0. The number of nitrogens with one attached hydrogen (secondary N) is 1. The minimum Gasteiger partial charge on any atom is -0.309 e. The number of halogens is 1. The maximum atomic E-state index is 11.9. The highest BCUT2D eigenvalue weighted by atomic mass is 79.9. The molecule has 1 aromatic heterocycles. The normalized spacial score (nSPS) is 12.0. The van der Waals surface area contributed by atoms with Crippen LogP contribution in [-0.4, -0.2) is 45.5 Å². The highest BCUT2D eigenvalue weighted by Gasteiger charge is 2.13. The Kier molecular flexibility index (Phi) is 6.20. The van der Waals surface area contributed by atoms with Crippen molar-refractivity contribution >= 4 is 26.0 Å². The largest absolute Gasteiger partial charge is 0.309 e. The zero-order valence-electron chi connectivity index (χ0n) is 10.6. The van der Waals surface area contributed by atoms with E-state index in [0.29, 0.717) is 11.0 Å². The summed E-state index contributed by atoms with van der Waals surface area (Å²) >= 11 is 3.20. The van der Waals surface area contributed by atoms with Crippen molar-refractivity contribution in [1.29, 1.82) is 0 Å². The predicted octanol–water partition coefficient (Wildman–Crippen LogP) is 1.46. The number of aromatic nitrogens is 1. The first-order chi connectivity index (χ1) is 8.42. The molecule has 0 aromatic carbocycles. The minimum absolute atomic E-state index is 0.185. The average Bonchev–Trinajstić information content (AvgIpc) is 2.28. The van der Waals surface area contributed by atoms with E-state index in [0.717, 1.165) is 19.4 Å². The van der Waals surface area contributed by atoms with Gasteiger partial charge in [0, 0.05) is 23.4 Å². The molecule has 0 aliphatic heterocycles. The van der Waals surface area contributed by atoms with Crippen LogP contribution in [0, 0.1) is 0 Å². The van der Waals surface area contributed by atoms with Gasteiger partial charge in [-0.3, -0.25) is 4.98 Å². The molecule has 0 spiro atoms. The lowest BCUT2D eigenvalue weighted by molar-refractivity contribution is 0.394. The van der Waals surface area contributed by atoms with Crippen LogP contribution in [0.3, 0.4) is 0 Å². The molecule has 5 nitrogen and oxygen atoms in total. The third-order valence-electron chi connectivity index (χ3n) is 2.31. The van der Waals surface area contributed by atoms with Crippen molar-refractivity contribution in [3.63, 3.8) is 0 Å². The molecular formula is C11H18BrN3O2S. The van der Waals surface area contributed by atoms with E-state index >= 15 is 0 Å². The lowest BCUT2D eigenvalue weighted by Crippen LogP contribution is -2.25. The Morgan fingerprint density at radius 3 is 2.67 bits per heavy atom. The fourth-order valence-electron chi connectivity index (χ4n) is 1.38. The first-order valence-corrected chi connectivity index (χ1v) is 7.94. The van der Waals surface area contributed by atoms with Gasteiger partial charge in [-0.05, 0) is 55.5 Å². The van der Waals surface area contributed by atoms with E-state index < -0.39 is 10.0 Å². The maximum Gasteiger partial charge on any atom is 0.242 e. The zero-order valence-corrected chi connectivity index (χ0v) is 13.0. The Balaban J connectivity index is 2.46. The third kappa shape index (κ3) is 5.43. The Hall–Kier alpha value is -0.500. The molecule has 1 N–H and O–H groups in total. The molecule has 0 unspecified atom stereocenters. The first-order valence-electron chi connectivity index (χ1n) is 5.67. The number of sulfonamides is 1. The smallest absolute Gasteiger partial charge is 0.242 e. The summed E-state index contributed by atoms with van der Waals surface area (Å²) in [6, 6.07) is 1.54. The van der Waals surface area contributed by atoms with Crippen LogP contribution in [0.25, 0.3) is 0 Å². The van der Waals surface area contributed by atoms with E-state index in [1.165, 1.54) is 12.3 Å². The van der Waals surface area contributed by atoms with E-state index in [4.69, 9.17) is 0 Å². The Labute approximate surface area is 117 Å². The van der Waals surface area contributed by atoms with E-state index in [-0.39, 0.29) is 4.90 Å². The standard InChI is InChI=1S/C11H18BrN3O2S/c1-15(2)6-4-3-5-14-18(16,17)11-7-10(12)8-13-9-11/h7-9,14H,3-6H2,1-2H3. The third-order valence-corrected chi connectivity index (χ3v) is 4.18. The SMILES string of the molecule is CN(C)CCCCNS(=O)(=O)c1cncc(Br)c1. The van der Waals surface area contributed by atoms with Crippen LogP contribution in [0.2, 0.25) is 0 Å². The quantitative estimate of drug-likeness (QED) is 0.766. The molecule has 0 bridgehead atoms. The van der Waals surface area contributed by atoms with Gasteiger partial charge in [0.2, 0.25) is 10.0 Å². The van der Waals surface area contributed by atoms with E-state index in [9.17, 15) is 8.42 Å². The average molecular weight is 336 g/mol. The molecule has 7 heteroatoms. The first kappa shape index (κ1) is 15.6. The molecule has 1 aromatic rings. The molecule has 0 radical (unpaired) electrons. The van der Waals surface area contributed by atoms with Gasteiger partial charge in [0.25, 0.3) is 0 Å². The number of hydrogen-bond acceptors (Lipinski definition) is 4. The number of nitrogens with zero attached hydrogens (tertiary/aromatic N) is 2.